The second kappa shape index (κ2) is 5.28. The first-order valence-corrected chi connectivity index (χ1v) is 6.07. The summed E-state index contributed by atoms with van der Waals surface area (Å²) in [6.07, 6.45) is 0.888. The normalized spacial score (nSPS) is 27.4. The first-order valence-electron chi connectivity index (χ1n) is 6.07. The highest BCUT2D eigenvalue weighted by Crippen LogP contribution is 2.23. The molecule has 1 heterocycles. The zero-order valence-electron chi connectivity index (χ0n) is 11.8. The van der Waals surface area contributed by atoms with Crippen molar-refractivity contribution in [2.24, 2.45) is 0 Å². The van der Waals surface area contributed by atoms with E-state index >= 15 is 0 Å². The summed E-state index contributed by atoms with van der Waals surface area (Å²) < 4.78 is 16.3. The Hall–Kier alpha value is -1.07. The molecule has 0 spiro atoms. The van der Waals surface area contributed by atoms with Crippen molar-refractivity contribution in [2.75, 3.05) is 6.61 Å². The maximum Gasteiger partial charge on any atom is 0.408 e. The van der Waals surface area contributed by atoms with Crippen LogP contribution in [0.15, 0.2) is 12.7 Å². The van der Waals surface area contributed by atoms with E-state index in [2.05, 4.69) is 11.9 Å². The van der Waals surface area contributed by atoms with Gasteiger partial charge in [0.25, 0.3) is 0 Å². The van der Waals surface area contributed by atoms with Crippen LogP contribution >= 0.6 is 0 Å². The van der Waals surface area contributed by atoms with E-state index in [1.165, 1.54) is 0 Å². The zero-order chi connectivity index (χ0) is 14.0. The van der Waals surface area contributed by atoms with E-state index in [4.69, 9.17) is 14.2 Å². The zero-order valence-corrected chi connectivity index (χ0v) is 11.8. The number of hydrogen-bond acceptors (Lipinski definition) is 4. The fourth-order valence-electron chi connectivity index (χ4n) is 1.62. The molecular weight excluding hydrogens is 234 g/mol. The Morgan fingerprint density at radius 1 is 1.50 bits per heavy atom. The van der Waals surface area contributed by atoms with Crippen molar-refractivity contribution in [1.29, 1.82) is 0 Å². The van der Waals surface area contributed by atoms with E-state index in [1.54, 1.807) is 6.08 Å². The molecule has 0 bridgehead atoms. The number of carbonyl (C=O) groups is 1. The summed E-state index contributed by atoms with van der Waals surface area (Å²) in [7, 11) is 0. The van der Waals surface area contributed by atoms with E-state index in [0.29, 0.717) is 6.61 Å². The summed E-state index contributed by atoms with van der Waals surface area (Å²) in [5.74, 6) is -0.662. The van der Waals surface area contributed by atoms with Crippen LogP contribution in [0.1, 0.15) is 34.6 Å². The third kappa shape index (κ3) is 4.66. The first-order chi connectivity index (χ1) is 8.13. The maximum absolute atomic E-state index is 11.7. The highest BCUT2D eigenvalue weighted by atomic mass is 16.7. The lowest BCUT2D eigenvalue weighted by atomic mass is 10.1. The molecule has 0 aromatic heterocycles. The highest BCUT2D eigenvalue weighted by molar-refractivity contribution is 5.68. The summed E-state index contributed by atoms with van der Waals surface area (Å²) in [5, 5.41) is 2.73. The lowest BCUT2D eigenvalue weighted by molar-refractivity contribution is -0.271. The van der Waals surface area contributed by atoms with Crippen molar-refractivity contribution in [3.8, 4) is 0 Å². The molecular formula is C13H23NO4. The molecule has 1 fully saturated rings. The lowest BCUT2D eigenvalue weighted by Crippen LogP contribution is -2.55. The van der Waals surface area contributed by atoms with Gasteiger partial charge in [-0.05, 0) is 34.6 Å². The van der Waals surface area contributed by atoms with E-state index in [0.717, 1.165) is 0 Å². The fourth-order valence-corrected chi connectivity index (χ4v) is 1.62. The number of hydrogen-bond donors (Lipinski definition) is 1. The van der Waals surface area contributed by atoms with Gasteiger partial charge in [0, 0.05) is 0 Å². The van der Waals surface area contributed by atoms with Crippen molar-refractivity contribution in [3.63, 3.8) is 0 Å². The van der Waals surface area contributed by atoms with Gasteiger partial charge in [-0.1, -0.05) is 6.08 Å². The molecule has 1 amide bonds. The molecule has 1 saturated heterocycles. The van der Waals surface area contributed by atoms with Crippen molar-refractivity contribution < 1.29 is 19.0 Å². The standard InChI is InChI=1S/C13H23NO4/c1-7-10-9(8-16-13(5,6)17-10)14-11(15)18-12(2,3)4/h7,9-10H,1,8H2,2-6H3,(H,14,15)/t9-,10+/m0/s1. The number of amides is 1. The molecule has 2 atom stereocenters. The van der Waals surface area contributed by atoms with Gasteiger partial charge < -0.3 is 19.5 Å². The largest absolute Gasteiger partial charge is 0.444 e. The first kappa shape index (κ1) is 15.0. The van der Waals surface area contributed by atoms with Gasteiger partial charge in [0.1, 0.15) is 11.7 Å². The second-order valence-electron chi connectivity index (χ2n) is 5.78. The number of carbonyl (C=O) groups excluding carboxylic acids is 1. The number of rotatable bonds is 2. The Balaban J connectivity index is 2.56. The van der Waals surface area contributed by atoms with Crippen LogP contribution in [0.2, 0.25) is 0 Å². The lowest BCUT2D eigenvalue weighted by Gasteiger charge is -2.40. The quantitative estimate of drug-likeness (QED) is 0.771. The van der Waals surface area contributed by atoms with Gasteiger partial charge in [0.05, 0.1) is 12.6 Å². The Morgan fingerprint density at radius 3 is 2.61 bits per heavy atom. The average molecular weight is 257 g/mol. The summed E-state index contributed by atoms with van der Waals surface area (Å²) in [6.45, 7) is 13.2. The van der Waals surface area contributed by atoms with E-state index in [9.17, 15) is 4.79 Å². The van der Waals surface area contributed by atoms with Crippen LogP contribution in [-0.4, -0.2) is 36.2 Å². The van der Waals surface area contributed by atoms with Crippen molar-refractivity contribution in [1.82, 2.24) is 5.32 Å². The number of alkyl carbamates (subject to hydrolysis) is 1. The number of ether oxygens (including phenoxy) is 3. The van der Waals surface area contributed by atoms with Crippen LogP contribution in [0.3, 0.4) is 0 Å². The summed E-state index contributed by atoms with van der Waals surface area (Å²) in [6, 6.07) is -0.287. The van der Waals surface area contributed by atoms with Crippen molar-refractivity contribution in [3.05, 3.63) is 12.7 Å². The molecule has 1 aliphatic heterocycles. The molecule has 0 aromatic carbocycles. The van der Waals surface area contributed by atoms with Crippen LogP contribution in [0.5, 0.6) is 0 Å². The molecule has 0 aromatic rings. The Kier molecular flexibility index (Phi) is 4.40. The van der Waals surface area contributed by atoms with Gasteiger partial charge in [-0.15, -0.1) is 6.58 Å². The molecule has 1 aliphatic rings. The van der Waals surface area contributed by atoms with Gasteiger partial charge in [0.2, 0.25) is 0 Å². The summed E-state index contributed by atoms with van der Waals surface area (Å²) >= 11 is 0. The topological polar surface area (TPSA) is 56.8 Å². The molecule has 5 nitrogen and oxygen atoms in total. The molecule has 0 aliphatic carbocycles. The molecule has 5 heteroatoms. The average Bonchev–Trinajstić information content (AvgIpc) is 2.17. The Morgan fingerprint density at radius 2 is 2.11 bits per heavy atom. The molecule has 1 N–H and O–H groups in total. The van der Waals surface area contributed by atoms with Gasteiger partial charge in [0.15, 0.2) is 5.79 Å². The minimum atomic E-state index is -0.662. The molecule has 18 heavy (non-hydrogen) atoms. The van der Waals surface area contributed by atoms with Crippen LogP contribution in [0.4, 0.5) is 4.79 Å². The minimum absolute atomic E-state index is 0.287. The predicted molar refractivity (Wildman–Crippen MR) is 68.3 cm³/mol. The highest BCUT2D eigenvalue weighted by Gasteiger charge is 2.36. The summed E-state index contributed by atoms with van der Waals surface area (Å²) in [5.41, 5.74) is -0.524. The van der Waals surface area contributed by atoms with Crippen LogP contribution in [0, 0.1) is 0 Å². The monoisotopic (exact) mass is 257 g/mol. The molecule has 104 valence electrons. The maximum atomic E-state index is 11.7. The molecule has 1 rings (SSSR count). The van der Waals surface area contributed by atoms with Crippen molar-refractivity contribution in [2.45, 2.75) is 58.2 Å². The Labute approximate surface area is 108 Å². The number of nitrogens with one attached hydrogen (secondary N) is 1. The van der Waals surface area contributed by atoms with E-state index in [-0.39, 0.29) is 12.1 Å². The van der Waals surface area contributed by atoms with Gasteiger partial charge in [-0.25, -0.2) is 4.79 Å². The van der Waals surface area contributed by atoms with Crippen molar-refractivity contribution >= 4 is 6.09 Å². The molecule has 0 saturated carbocycles. The van der Waals surface area contributed by atoms with Crippen LogP contribution in [-0.2, 0) is 14.2 Å². The van der Waals surface area contributed by atoms with Gasteiger partial charge >= 0.3 is 6.09 Å². The van der Waals surface area contributed by atoms with E-state index < -0.39 is 17.5 Å². The Bertz CT molecular complexity index is 319. The van der Waals surface area contributed by atoms with Crippen LogP contribution in [0.25, 0.3) is 0 Å². The second-order valence-corrected chi connectivity index (χ2v) is 5.78. The third-order valence-electron chi connectivity index (χ3n) is 2.36. The van der Waals surface area contributed by atoms with Gasteiger partial charge in [-0.2, -0.15) is 0 Å². The predicted octanol–water partition coefficient (Wildman–Crippen LogP) is 2.22. The molecule has 0 radical (unpaired) electrons. The molecule has 0 unspecified atom stereocenters. The van der Waals surface area contributed by atoms with Crippen LogP contribution < -0.4 is 5.32 Å². The SMILES string of the molecule is C=C[C@H]1OC(C)(C)OC[C@@H]1NC(=O)OC(C)(C)C. The fraction of sp³-hybridized carbons (Fsp3) is 0.769. The smallest absolute Gasteiger partial charge is 0.408 e. The minimum Gasteiger partial charge on any atom is -0.444 e. The van der Waals surface area contributed by atoms with E-state index in [1.807, 2.05) is 34.6 Å². The van der Waals surface area contributed by atoms with Gasteiger partial charge in [-0.3, -0.25) is 0 Å². The third-order valence-corrected chi connectivity index (χ3v) is 2.36. The summed E-state index contributed by atoms with van der Waals surface area (Å²) in [4.78, 5) is 11.7.